The standard InChI is InChI=1S/C21H26O5S.H3NO/c1-2-3-4-8-11-20(21(22)23)27(24,25)19-14-12-18(13-15-19)26-16-17-9-6-5-7-10-17;1-2/h5-7,9-10,12-15,20H,2-4,8,11,16H2,1H3,(H,22,23);2H,1H2. The number of nitrogens with two attached hydrogens (primary N) is 1. The first-order valence-corrected chi connectivity index (χ1v) is 11.0. The van der Waals surface area contributed by atoms with Gasteiger partial charge in [-0.25, -0.2) is 14.3 Å². The van der Waals surface area contributed by atoms with E-state index in [9.17, 15) is 18.3 Å². The molecule has 0 aliphatic heterocycles. The van der Waals surface area contributed by atoms with Crippen LogP contribution in [0.15, 0.2) is 59.5 Å². The zero-order valence-electron chi connectivity index (χ0n) is 16.5. The Hall–Kier alpha value is -2.42. The number of hydrogen-bond acceptors (Lipinski definition) is 6. The minimum absolute atomic E-state index is 0.0115. The summed E-state index contributed by atoms with van der Waals surface area (Å²) in [7, 11) is -3.93. The second kappa shape index (κ2) is 12.9. The van der Waals surface area contributed by atoms with Gasteiger partial charge in [-0.1, -0.05) is 62.9 Å². The first kappa shape index (κ1) is 24.6. The van der Waals surface area contributed by atoms with Crippen LogP contribution in [-0.4, -0.2) is 30.0 Å². The summed E-state index contributed by atoms with van der Waals surface area (Å²) < 4.78 is 31.1. The van der Waals surface area contributed by atoms with Crippen LogP contribution in [0.1, 0.15) is 44.6 Å². The molecule has 0 aliphatic carbocycles. The van der Waals surface area contributed by atoms with Crippen molar-refractivity contribution in [3.63, 3.8) is 0 Å². The highest BCUT2D eigenvalue weighted by atomic mass is 32.2. The van der Waals surface area contributed by atoms with Gasteiger partial charge in [-0.15, -0.1) is 0 Å². The van der Waals surface area contributed by atoms with Crippen LogP contribution in [0, 0.1) is 0 Å². The van der Waals surface area contributed by atoms with Crippen LogP contribution >= 0.6 is 0 Å². The average Bonchev–Trinajstić information content (AvgIpc) is 2.74. The largest absolute Gasteiger partial charge is 0.489 e. The summed E-state index contributed by atoms with van der Waals surface area (Å²) in [4.78, 5) is 11.5. The highest BCUT2D eigenvalue weighted by Gasteiger charge is 2.33. The van der Waals surface area contributed by atoms with E-state index in [0.717, 1.165) is 24.8 Å². The lowest BCUT2D eigenvalue weighted by Crippen LogP contribution is -2.30. The lowest BCUT2D eigenvalue weighted by Gasteiger charge is -2.14. The molecule has 0 bridgehead atoms. The Morgan fingerprint density at radius 3 is 2.17 bits per heavy atom. The van der Waals surface area contributed by atoms with Crippen molar-refractivity contribution in [1.82, 2.24) is 0 Å². The molecule has 0 heterocycles. The third kappa shape index (κ3) is 7.84. The summed E-state index contributed by atoms with van der Waals surface area (Å²) in [5.41, 5.74) is 1.01. The fraction of sp³-hybridized carbons (Fsp3) is 0.381. The van der Waals surface area contributed by atoms with Crippen molar-refractivity contribution in [3.8, 4) is 5.75 Å². The van der Waals surface area contributed by atoms with Gasteiger partial charge < -0.3 is 15.1 Å². The molecule has 0 saturated heterocycles. The summed E-state index contributed by atoms with van der Waals surface area (Å²) >= 11 is 0. The molecular weight excluding hydrogens is 394 g/mol. The van der Waals surface area contributed by atoms with Gasteiger partial charge in [0.05, 0.1) is 4.90 Å². The van der Waals surface area contributed by atoms with Gasteiger partial charge in [0.15, 0.2) is 15.1 Å². The molecule has 0 amide bonds. The second-order valence-corrected chi connectivity index (χ2v) is 8.60. The molecule has 4 N–H and O–H groups in total. The lowest BCUT2D eigenvalue weighted by molar-refractivity contribution is -0.136. The molecule has 0 spiro atoms. The number of hydrogen-bond donors (Lipinski definition) is 3. The molecule has 8 heteroatoms. The SMILES string of the molecule is CCCCCCC(C(=O)O)S(=O)(=O)c1ccc(OCc2ccccc2)cc1.NO. The number of carbonyl (C=O) groups is 1. The normalized spacial score (nSPS) is 11.8. The highest BCUT2D eigenvalue weighted by Crippen LogP contribution is 2.24. The topological polar surface area (TPSA) is 127 Å². The van der Waals surface area contributed by atoms with Gasteiger partial charge in [0.2, 0.25) is 0 Å². The Balaban J connectivity index is 0.00000204. The predicted octanol–water partition coefficient (Wildman–Crippen LogP) is 3.80. The lowest BCUT2D eigenvalue weighted by atomic mass is 10.1. The Kier molecular flexibility index (Phi) is 11.0. The maximum absolute atomic E-state index is 12.7. The van der Waals surface area contributed by atoms with E-state index in [2.05, 4.69) is 5.90 Å². The molecule has 160 valence electrons. The molecular formula is C21H29NO6S. The summed E-state index contributed by atoms with van der Waals surface area (Å²) in [5.74, 6) is 2.74. The molecule has 0 radical (unpaired) electrons. The number of aliphatic carboxylic acids is 1. The monoisotopic (exact) mass is 423 g/mol. The van der Waals surface area contributed by atoms with Crippen molar-refractivity contribution < 1.29 is 28.3 Å². The molecule has 0 saturated carbocycles. The Labute approximate surface area is 172 Å². The average molecular weight is 424 g/mol. The van der Waals surface area contributed by atoms with E-state index in [1.165, 1.54) is 12.1 Å². The van der Waals surface area contributed by atoms with Crippen LogP contribution in [0.2, 0.25) is 0 Å². The van der Waals surface area contributed by atoms with Gasteiger partial charge in [0, 0.05) is 0 Å². The molecule has 0 fully saturated rings. The summed E-state index contributed by atoms with van der Waals surface area (Å²) in [6.07, 6.45) is 3.53. The maximum atomic E-state index is 12.7. The number of carboxylic acid groups (broad SMARTS) is 1. The molecule has 1 unspecified atom stereocenters. The van der Waals surface area contributed by atoms with E-state index >= 15 is 0 Å². The molecule has 0 aromatic heterocycles. The predicted molar refractivity (Wildman–Crippen MR) is 111 cm³/mol. The van der Waals surface area contributed by atoms with Gasteiger partial charge in [0.1, 0.15) is 12.4 Å². The van der Waals surface area contributed by atoms with Gasteiger partial charge >= 0.3 is 5.97 Å². The quantitative estimate of drug-likeness (QED) is 0.370. The molecule has 2 aromatic carbocycles. The highest BCUT2D eigenvalue weighted by molar-refractivity contribution is 7.92. The van der Waals surface area contributed by atoms with Gasteiger partial charge in [-0.05, 0) is 36.2 Å². The summed E-state index contributed by atoms with van der Waals surface area (Å²) in [6.45, 7) is 2.43. The molecule has 0 aliphatic rings. The molecule has 1 atom stereocenters. The Morgan fingerprint density at radius 1 is 1.00 bits per heavy atom. The van der Waals surface area contributed by atoms with Gasteiger partial charge in [-0.3, -0.25) is 4.79 Å². The van der Waals surface area contributed by atoms with Crippen molar-refractivity contribution >= 4 is 15.8 Å². The molecule has 29 heavy (non-hydrogen) atoms. The van der Waals surface area contributed by atoms with Crippen LogP contribution in [0.4, 0.5) is 0 Å². The van der Waals surface area contributed by atoms with Crippen LogP contribution in [-0.2, 0) is 21.2 Å². The number of benzene rings is 2. The summed E-state index contributed by atoms with van der Waals surface area (Å²) in [6, 6.07) is 15.6. The van der Waals surface area contributed by atoms with Gasteiger partial charge in [0.25, 0.3) is 0 Å². The van der Waals surface area contributed by atoms with E-state index in [0.29, 0.717) is 18.8 Å². The van der Waals surface area contributed by atoms with E-state index in [1.54, 1.807) is 12.1 Å². The van der Waals surface area contributed by atoms with Crippen LogP contribution in [0.25, 0.3) is 0 Å². The van der Waals surface area contributed by atoms with E-state index in [4.69, 9.17) is 9.94 Å². The van der Waals surface area contributed by atoms with E-state index in [-0.39, 0.29) is 11.3 Å². The first-order valence-electron chi connectivity index (χ1n) is 9.44. The number of carboxylic acids is 1. The molecule has 2 rings (SSSR count). The van der Waals surface area contributed by atoms with Crippen molar-refractivity contribution in [2.45, 2.75) is 55.8 Å². The minimum Gasteiger partial charge on any atom is -0.489 e. The number of sulfone groups is 1. The van der Waals surface area contributed by atoms with Crippen LogP contribution in [0.5, 0.6) is 5.75 Å². The van der Waals surface area contributed by atoms with E-state index < -0.39 is 21.1 Å². The smallest absolute Gasteiger partial charge is 0.322 e. The fourth-order valence-electron chi connectivity index (χ4n) is 2.80. The van der Waals surface area contributed by atoms with Crippen molar-refractivity contribution in [2.75, 3.05) is 0 Å². The van der Waals surface area contributed by atoms with Crippen molar-refractivity contribution in [2.24, 2.45) is 5.90 Å². The third-order valence-electron chi connectivity index (χ3n) is 4.37. The third-order valence-corrected chi connectivity index (χ3v) is 6.49. The number of rotatable bonds is 11. The Bertz CT molecular complexity index is 822. The Morgan fingerprint density at radius 2 is 1.62 bits per heavy atom. The van der Waals surface area contributed by atoms with Crippen LogP contribution in [0.3, 0.4) is 0 Å². The van der Waals surface area contributed by atoms with Crippen molar-refractivity contribution in [1.29, 1.82) is 0 Å². The van der Waals surface area contributed by atoms with Crippen LogP contribution < -0.4 is 10.6 Å². The van der Waals surface area contributed by atoms with Crippen molar-refractivity contribution in [3.05, 3.63) is 60.2 Å². The number of ether oxygens (including phenoxy) is 1. The maximum Gasteiger partial charge on any atom is 0.322 e. The molecule has 2 aromatic rings. The zero-order valence-corrected chi connectivity index (χ0v) is 17.3. The van der Waals surface area contributed by atoms with Gasteiger partial charge in [-0.2, -0.15) is 0 Å². The molecule has 7 nitrogen and oxygen atoms in total. The zero-order chi connectivity index (χ0) is 21.7. The minimum atomic E-state index is -3.93. The van der Waals surface area contributed by atoms with E-state index in [1.807, 2.05) is 37.3 Å². The first-order chi connectivity index (χ1) is 13.9. The fourth-order valence-corrected chi connectivity index (χ4v) is 4.38. The summed E-state index contributed by atoms with van der Waals surface area (Å²) in [5, 5.41) is 14.5. The number of unbranched alkanes of at least 4 members (excludes halogenated alkanes) is 3. The second-order valence-electron chi connectivity index (χ2n) is 6.47.